The van der Waals surface area contributed by atoms with E-state index in [9.17, 15) is 0 Å². The maximum Gasteiger partial charge on any atom is 0.0451 e. The Morgan fingerprint density at radius 3 is 2.25 bits per heavy atom. The first-order valence-corrected chi connectivity index (χ1v) is 7.69. The minimum atomic E-state index is 0.633. The van der Waals surface area contributed by atoms with Crippen LogP contribution in [0.4, 0.5) is 0 Å². The number of halogens is 3. The predicted molar refractivity (Wildman–Crippen MR) is 88.9 cm³/mol. The monoisotopic (exact) mass is 327 g/mol. The molecule has 0 saturated carbocycles. The van der Waals surface area contributed by atoms with Crippen LogP contribution in [-0.2, 0) is 6.54 Å². The molecule has 0 aromatic heterocycles. The van der Waals surface area contributed by atoms with E-state index in [1.165, 1.54) is 0 Å². The SMILES string of the molecule is CCCNCc1cc(-c2cc(Cl)cc(Cl)c2)ccc1Cl. The van der Waals surface area contributed by atoms with Crippen LogP contribution in [0.25, 0.3) is 11.1 Å². The van der Waals surface area contributed by atoms with Crippen molar-refractivity contribution in [3.63, 3.8) is 0 Å². The van der Waals surface area contributed by atoms with Gasteiger partial charge in [-0.15, -0.1) is 0 Å². The molecule has 0 unspecified atom stereocenters. The molecule has 2 rings (SSSR count). The number of hydrogen-bond donors (Lipinski definition) is 1. The lowest BCUT2D eigenvalue weighted by atomic mass is 10.0. The first kappa shape index (κ1) is 15.7. The zero-order valence-corrected chi connectivity index (χ0v) is 13.5. The van der Waals surface area contributed by atoms with Gasteiger partial charge >= 0.3 is 0 Å². The Hall–Kier alpha value is -0.730. The molecule has 0 aliphatic carbocycles. The maximum atomic E-state index is 6.23. The number of nitrogens with one attached hydrogen (secondary N) is 1. The summed E-state index contributed by atoms with van der Waals surface area (Å²) in [5, 5.41) is 5.39. The first-order valence-electron chi connectivity index (χ1n) is 6.55. The molecule has 1 nitrogen and oxygen atoms in total. The van der Waals surface area contributed by atoms with Crippen molar-refractivity contribution in [3.05, 3.63) is 57.0 Å². The fourth-order valence-corrected chi connectivity index (χ4v) is 2.72. The van der Waals surface area contributed by atoms with Crippen LogP contribution in [0.15, 0.2) is 36.4 Å². The molecule has 0 aliphatic rings. The molecule has 0 radical (unpaired) electrons. The molecular formula is C16H16Cl3N. The second-order valence-electron chi connectivity index (χ2n) is 4.64. The van der Waals surface area contributed by atoms with E-state index >= 15 is 0 Å². The van der Waals surface area contributed by atoms with Crippen molar-refractivity contribution in [1.29, 1.82) is 0 Å². The van der Waals surface area contributed by atoms with Crippen molar-refractivity contribution >= 4 is 34.8 Å². The molecule has 0 heterocycles. The molecule has 0 fully saturated rings. The Balaban J connectivity index is 2.30. The smallest absolute Gasteiger partial charge is 0.0451 e. The zero-order chi connectivity index (χ0) is 14.5. The summed E-state index contributed by atoms with van der Waals surface area (Å²) >= 11 is 18.3. The molecule has 0 amide bonds. The Labute approximate surface area is 134 Å². The van der Waals surface area contributed by atoms with E-state index in [1.54, 1.807) is 6.07 Å². The van der Waals surface area contributed by atoms with Crippen molar-refractivity contribution in [2.45, 2.75) is 19.9 Å². The Bertz CT molecular complexity index is 576. The van der Waals surface area contributed by atoms with Crippen molar-refractivity contribution in [2.24, 2.45) is 0 Å². The molecule has 0 spiro atoms. The van der Waals surface area contributed by atoms with Crippen molar-refractivity contribution in [2.75, 3.05) is 6.54 Å². The van der Waals surface area contributed by atoms with Gasteiger partial charge in [0.05, 0.1) is 0 Å². The minimum Gasteiger partial charge on any atom is -0.313 e. The summed E-state index contributed by atoms with van der Waals surface area (Å²) < 4.78 is 0. The van der Waals surface area contributed by atoms with Gasteiger partial charge in [0.1, 0.15) is 0 Å². The average Bonchev–Trinajstić information content (AvgIpc) is 2.40. The summed E-state index contributed by atoms with van der Waals surface area (Å²) in [6, 6.07) is 11.5. The summed E-state index contributed by atoms with van der Waals surface area (Å²) in [5.41, 5.74) is 3.14. The molecule has 1 N–H and O–H groups in total. The van der Waals surface area contributed by atoms with Crippen molar-refractivity contribution in [1.82, 2.24) is 5.32 Å². The van der Waals surface area contributed by atoms with Crippen LogP contribution < -0.4 is 5.32 Å². The predicted octanol–water partition coefficient (Wildman–Crippen LogP) is 5.81. The third-order valence-electron chi connectivity index (χ3n) is 2.98. The molecule has 0 atom stereocenters. The summed E-state index contributed by atoms with van der Waals surface area (Å²) in [7, 11) is 0. The fourth-order valence-electron chi connectivity index (χ4n) is 2.01. The number of rotatable bonds is 5. The van der Waals surface area contributed by atoms with Crippen LogP contribution in [0.2, 0.25) is 15.1 Å². The van der Waals surface area contributed by atoms with Gasteiger partial charge in [0, 0.05) is 21.6 Å². The van der Waals surface area contributed by atoms with Crippen molar-refractivity contribution in [3.8, 4) is 11.1 Å². The molecule has 0 aliphatic heterocycles. The van der Waals surface area contributed by atoms with Crippen LogP contribution in [0, 0.1) is 0 Å². The zero-order valence-electron chi connectivity index (χ0n) is 11.2. The van der Waals surface area contributed by atoms with Gasteiger partial charge in [-0.05, 0) is 60.0 Å². The quantitative estimate of drug-likeness (QED) is 0.683. The highest BCUT2D eigenvalue weighted by atomic mass is 35.5. The lowest BCUT2D eigenvalue weighted by molar-refractivity contribution is 0.676. The third-order valence-corrected chi connectivity index (χ3v) is 3.79. The van der Waals surface area contributed by atoms with Gasteiger partial charge in [-0.3, -0.25) is 0 Å². The van der Waals surface area contributed by atoms with Gasteiger partial charge in [0.2, 0.25) is 0 Å². The highest BCUT2D eigenvalue weighted by Crippen LogP contribution is 2.29. The van der Waals surface area contributed by atoms with Gasteiger partial charge in [-0.2, -0.15) is 0 Å². The maximum absolute atomic E-state index is 6.23. The van der Waals surface area contributed by atoms with Gasteiger partial charge in [-0.25, -0.2) is 0 Å². The standard InChI is InChI=1S/C16H16Cl3N/c1-2-5-20-10-13-6-11(3-4-16(13)19)12-7-14(17)9-15(18)8-12/h3-4,6-9,20H,2,5,10H2,1H3. The Morgan fingerprint density at radius 2 is 1.60 bits per heavy atom. The third kappa shape index (κ3) is 4.13. The highest BCUT2D eigenvalue weighted by molar-refractivity contribution is 6.35. The lowest BCUT2D eigenvalue weighted by Crippen LogP contribution is -2.14. The second-order valence-corrected chi connectivity index (χ2v) is 5.92. The second kappa shape index (κ2) is 7.33. The van der Waals surface area contributed by atoms with Crippen LogP contribution >= 0.6 is 34.8 Å². The van der Waals surface area contributed by atoms with Gasteiger partial charge < -0.3 is 5.32 Å². The summed E-state index contributed by atoms with van der Waals surface area (Å²) in [6.07, 6.45) is 1.10. The van der Waals surface area contributed by atoms with E-state index in [2.05, 4.69) is 18.3 Å². The molecule has 2 aromatic rings. The summed E-state index contributed by atoms with van der Waals surface area (Å²) in [6.45, 7) is 3.87. The average molecular weight is 329 g/mol. The molecule has 4 heteroatoms. The lowest BCUT2D eigenvalue weighted by Gasteiger charge is -2.10. The molecule has 0 saturated heterocycles. The van der Waals surface area contributed by atoms with E-state index in [0.717, 1.165) is 41.2 Å². The van der Waals surface area contributed by atoms with Gasteiger partial charge in [0.15, 0.2) is 0 Å². The van der Waals surface area contributed by atoms with Crippen LogP contribution in [0.3, 0.4) is 0 Å². The Kier molecular flexibility index (Phi) is 5.74. The van der Waals surface area contributed by atoms with E-state index in [0.29, 0.717) is 10.0 Å². The number of hydrogen-bond acceptors (Lipinski definition) is 1. The first-order chi connectivity index (χ1) is 9.60. The largest absolute Gasteiger partial charge is 0.313 e. The van der Waals surface area contributed by atoms with Gasteiger partial charge in [-0.1, -0.05) is 47.8 Å². The molecule has 0 bridgehead atoms. The summed E-state index contributed by atoms with van der Waals surface area (Å²) in [4.78, 5) is 0. The van der Waals surface area contributed by atoms with E-state index in [1.807, 2.05) is 24.3 Å². The fraction of sp³-hybridized carbons (Fsp3) is 0.250. The van der Waals surface area contributed by atoms with Crippen LogP contribution in [0.5, 0.6) is 0 Å². The van der Waals surface area contributed by atoms with Gasteiger partial charge in [0.25, 0.3) is 0 Å². The van der Waals surface area contributed by atoms with Crippen LogP contribution in [-0.4, -0.2) is 6.54 Å². The van der Waals surface area contributed by atoms with E-state index in [-0.39, 0.29) is 0 Å². The van der Waals surface area contributed by atoms with E-state index in [4.69, 9.17) is 34.8 Å². The molecule has 2 aromatic carbocycles. The Morgan fingerprint density at radius 1 is 0.900 bits per heavy atom. The summed E-state index contributed by atoms with van der Waals surface area (Å²) in [5.74, 6) is 0. The molecular weight excluding hydrogens is 313 g/mol. The normalized spacial score (nSPS) is 10.8. The topological polar surface area (TPSA) is 12.0 Å². The van der Waals surface area contributed by atoms with Crippen LogP contribution in [0.1, 0.15) is 18.9 Å². The molecule has 20 heavy (non-hydrogen) atoms. The van der Waals surface area contributed by atoms with E-state index < -0.39 is 0 Å². The highest BCUT2D eigenvalue weighted by Gasteiger charge is 2.06. The number of benzene rings is 2. The molecule has 106 valence electrons. The van der Waals surface area contributed by atoms with Crippen molar-refractivity contribution < 1.29 is 0 Å². The minimum absolute atomic E-state index is 0.633.